The summed E-state index contributed by atoms with van der Waals surface area (Å²) in [6, 6.07) is 0. The monoisotopic (exact) mass is 165 g/mol. The van der Waals surface area contributed by atoms with Gasteiger partial charge in [0.15, 0.2) is 0 Å². The van der Waals surface area contributed by atoms with Crippen molar-refractivity contribution >= 4 is 0 Å². The van der Waals surface area contributed by atoms with Gasteiger partial charge in [0.05, 0.1) is 0 Å². The quantitative estimate of drug-likeness (QED) is 0.628. The van der Waals surface area contributed by atoms with Crippen molar-refractivity contribution < 1.29 is 0 Å². The molecule has 0 saturated heterocycles. The first-order chi connectivity index (χ1) is 5.87. The Morgan fingerprint density at radius 3 is 2.92 bits per heavy atom. The van der Waals surface area contributed by atoms with E-state index >= 15 is 0 Å². The van der Waals surface area contributed by atoms with Gasteiger partial charge in [0, 0.05) is 5.54 Å². The zero-order chi connectivity index (χ0) is 8.18. The lowest BCUT2D eigenvalue weighted by molar-refractivity contribution is 0.170. The Hall–Kier alpha value is -0.0400. The maximum absolute atomic E-state index is 3.67. The van der Waals surface area contributed by atoms with E-state index in [-0.39, 0.29) is 0 Å². The molecule has 0 radical (unpaired) electrons. The molecule has 4 atom stereocenters. The lowest BCUT2D eigenvalue weighted by atomic mass is 9.75. The van der Waals surface area contributed by atoms with Gasteiger partial charge in [-0.25, -0.2) is 0 Å². The first-order valence-electron chi connectivity index (χ1n) is 5.56. The molecule has 1 nitrogen and oxygen atoms in total. The van der Waals surface area contributed by atoms with Gasteiger partial charge < -0.3 is 5.32 Å². The second-order valence-corrected chi connectivity index (χ2v) is 5.06. The normalized spacial score (nSPS) is 56.2. The van der Waals surface area contributed by atoms with Crippen molar-refractivity contribution in [2.24, 2.45) is 17.8 Å². The maximum Gasteiger partial charge on any atom is 0.0237 e. The van der Waals surface area contributed by atoms with Crippen LogP contribution >= 0.6 is 0 Å². The van der Waals surface area contributed by atoms with Crippen molar-refractivity contribution in [2.45, 2.75) is 44.1 Å². The van der Waals surface area contributed by atoms with Crippen LogP contribution in [0.2, 0.25) is 0 Å². The molecule has 0 aliphatic heterocycles. The summed E-state index contributed by atoms with van der Waals surface area (Å²) in [5, 5.41) is 3.67. The molecule has 0 heterocycles. The fourth-order valence-electron chi connectivity index (χ4n) is 4.58. The average molecular weight is 165 g/mol. The standard InChI is InChI=1S/C11H19N/c1-12-11-6-2-3-10(11)8-4-5-9(11)7-8/h8-10,12H,2-7H2,1H3. The highest BCUT2D eigenvalue weighted by atomic mass is 15.0. The molecule has 0 aromatic heterocycles. The van der Waals surface area contributed by atoms with Gasteiger partial charge in [-0.2, -0.15) is 0 Å². The van der Waals surface area contributed by atoms with Crippen molar-refractivity contribution in [1.29, 1.82) is 0 Å². The first-order valence-corrected chi connectivity index (χ1v) is 5.56. The third-order valence-corrected chi connectivity index (χ3v) is 5.00. The highest BCUT2D eigenvalue weighted by Gasteiger charge is 2.58. The summed E-state index contributed by atoms with van der Waals surface area (Å²) in [6.07, 6.45) is 9.07. The van der Waals surface area contributed by atoms with Crippen LogP contribution in [0.15, 0.2) is 0 Å². The van der Waals surface area contributed by atoms with Crippen molar-refractivity contribution in [3.05, 3.63) is 0 Å². The average Bonchev–Trinajstić information content (AvgIpc) is 2.76. The summed E-state index contributed by atoms with van der Waals surface area (Å²) in [4.78, 5) is 0. The van der Waals surface area contributed by atoms with Crippen molar-refractivity contribution in [2.75, 3.05) is 7.05 Å². The Morgan fingerprint density at radius 1 is 1.25 bits per heavy atom. The predicted octanol–water partition coefficient (Wildman–Crippen LogP) is 2.17. The number of rotatable bonds is 1. The van der Waals surface area contributed by atoms with Crippen LogP contribution in [0, 0.1) is 17.8 Å². The van der Waals surface area contributed by atoms with Crippen LogP contribution < -0.4 is 5.32 Å². The van der Waals surface area contributed by atoms with E-state index in [0.29, 0.717) is 5.54 Å². The van der Waals surface area contributed by atoms with E-state index in [9.17, 15) is 0 Å². The van der Waals surface area contributed by atoms with Crippen LogP contribution in [0.5, 0.6) is 0 Å². The topological polar surface area (TPSA) is 12.0 Å². The largest absolute Gasteiger partial charge is 0.314 e. The minimum Gasteiger partial charge on any atom is -0.314 e. The predicted molar refractivity (Wildman–Crippen MR) is 50.0 cm³/mol. The van der Waals surface area contributed by atoms with E-state index in [1.54, 1.807) is 12.8 Å². The van der Waals surface area contributed by atoms with Gasteiger partial charge in [0.25, 0.3) is 0 Å². The molecule has 12 heavy (non-hydrogen) atoms. The molecule has 3 aliphatic rings. The van der Waals surface area contributed by atoms with E-state index in [1.165, 1.54) is 25.7 Å². The Morgan fingerprint density at radius 2 is 2.17 bits per heavy atom. The second-order valence-electron chi connectivity index (χ2n) is 5.06. The molecule has 0 spiro atoms. The Balaban J connectivity index is 1.98. The van der Waals surface area contributed by atoms with Crippen molar-refractivity contribution in [3.8, 4) is 0 Å². The van der Waals surface area contributed by atoms with E-state index in [2.05, 4.69) is 12.4 Å². The summed E-state index contributed by atoms with van der Waals surface area (Å²) in [6.45, 7) is 0. The number of hydrogen-bond acceptors (Lipinski definition) is 1. The fourth-order valence-corrected chi connectivity index (χ4v) is 4.58. The van der Waals surface area contributed by atoms with Gasteiger partial charge in [0.1, 0.15) is 0 Å². The van der Waals surface area contributed by atoms with Gasteiger partial charge in [-0.15, -0.1) is 0 Å². The van der Waals surface area contributed by atoms with Crippen LogP contribution in [0.25, 0.3) is 0 Å². The van der Waals surface area contributed by atoms with E-state index < -0.39 is 0 Å². The van der Waals surface area contributed by atoms with Gasteiger partial charge >= 0.3 is 0 Å². The smallest absolute Gasteiger partial charge is 0.0237 e. The minimum absolute atomic E-state index is 0.614. The summed E-state index contributed by atoms with van der Waals surface area (Å²) in [7, 11) is 2.19. The summed E-state index contributed by atoms with van der Waals surface area (Å²) < 4.78 is 0. The Labute approximate surface area is 74.9 Å². The molecule has 3 aliphatic carbocycles. The molecule has 3 fully saturated rings. The number of nitrogens with one attached hydrogen (secondary N) is 1. The fraction of sp³-hybridized carbons (Fsp3) is 1.00. The van der Waals surface area contributed by atoms with Crippen LogP contribution in [-0.4, -0.2) is 12.6 Å². The highest BCUT2D eigenvalue weighted by Crippen LogP contribution is 2.60. The third-order valence-electron chi connectivity index (χ3n) is 5.00. The lowest BCUT2D eigenvalue weighted by Gasteiger charge is -2.39. The molecule has 68 valence electrons. The zero-order valence-corrected chi connectivity index (χ0v) is 7.97. The van der Waals surface area contributed by atoms with Crippen molar-refractivity contribution in [3.63, 3.8) is 0 Å². The highest BCUT2D eigenvalue weighted by molar-refractivity contribution is 5.13. The molecule has 1 heteroatoms. The number of fused-ring (bicyclic) bond motifs is 5. The molecule has 0 aromatic carbocycles. The summed E-state index contributed by atoms with van der Waals surface area (Å²) >= 11 is 0. The molecular weight excluding hydrogens is 146 g/mol. The molecule has 3 saturated carbocycles. The molecular formula is C11H19N. The molecule has 0 aromatic rings. The first kappa shape index (κ1) is 7.37. The van der Waals surface area contributed by atoms with Crippen LogP contribution in [0.1, 0.15) is 38.5 Å². The van der Waals surface area contributed by atoms with Crippen LogP contribution in [0.4, 0.5) is 0 Å². The molecule has 1 N–H and O–H groups in total. The van der Waals surface area contributed by atoms with Gasteiger partial charge in [-0.3, -0.25) is 0 Å². The Bertz CT molecular complexity index is 201. The molecule has 0 amide bonds. The molecule has 2 bridgehead atoms. The SMILES string of the molecule is CNC12CCCC1C1CCC2C1. The third kappa shape index (κ3) is 0.654. The van der Waals surface area contributed by atoms with E-state index in [1.807, 2.05) is 0 Å². The van der Waals surface area contributed by atoms with Gasteiger partial charge in [-0.05, 0) is 56.9 Å². The molecule has 3 rings (SSSR count). The van der Waals surface area contributed by atoms with Gasteiger partial charge in [0.2, 0.25) is 0 Å². The molecule has 4 unspecified atom stereocenters. The maximum atomic E-state index is 3.67. The van der Waals surface area contributed by atoms with Crippen molar-refractivity contribution in [1.82, 2.24) is 5.32 Å². The summed E-state index contributed by atoms with van der Waals surface area (Å²) in [5.74, 6) is 3.20. The zero-order valence-electron chi connectivity index (χ0n) is 7.97. The van der Waals surface area contributed by atoms with Gasteiger partial charge in [-0.1, -0.05) is 6.42 Å². The Kier molecular flexibility index (Phi) is 1.39. The number of hydrogen-bond donors (Lipinski definition) is 1. The lowest BCUT2D eigenvalue weighted by Crippen LogP contribution is -2.50. The second kappa shape index (κ2) is 2.25. The van der Waals surface area contributed by atoms with E-state index in [4.69, 9.17) is 0 Å². The summed E-state index contributed by atoms with van der Waals surface area (Å²) in [5.41, 5.74) is 0.614. The van der Waals surface area contributed by atoms with Crippen LogP contribution in [0.3, 0.4) is 0 Å². The minimum atomic E-state index is 0.614. The van der Waals surface area contributed by atoms with Crippen LogP contribution in [-0.2, 0) is 0 Å². The van der Waals surface area contributed by atoms with E-state index in [0.717, 1.165) is 17.8 Å².